The monoisotopic (exact) mass is 277 g/mol. The number of ether oxygens (including phenoxy) is 1. The molecule has 0 aromatic heterocycles. The Morgan fingerprint density at radius 3 is 2.68 bits per heavy atom. The number of alkyl halides is 3. The van der Waals surface area contributed by atoms with E-state index in [0.29, 0.717) is 12.7 Å². The third kappa shape index (κ3) is 4.18. The van der Waals surface area contributed by atoms with Gasteiger partial charge in [0.1, 0.15) is 5.82 Å². The van der Waals surface area contributed by atoms with Crippen LogP contribution in [0.1, 0.15) is 24.0 Å². The normalized spacial score (nSPS) is 20.5. The van der Waals surface area contributed by atoms with E-state index in [9.17, 15) is 17.6 Å². The topological polar surface area (TPSA) is 21.3 Å². The van der Waals surface area contributed by atoms with Crippen molar-refractivity contribution in [3.8, 4) is 0 Å². The van der Waals surface area contributed by atoms with Crippen LogP contribution in [0.2, 0.25) is 0 Å². The van der Waals surface area contributed by atoms with Crippen LogP contribution in [-0.4, -0.2) is 19.3 Å². The predicted molar refractivity (Wildman–Crippen MR) is 62.1 cm³/mol. The zero-order valence-corrected chi connectivity index (χ0v) is 10.3. The maximum absolute atomic E-state index is 13.2. The zero-order valence-electron chi connectivity index (χ0n) is 10.3. The molecule has 19 heavy (non-hydrogen) atoms. The molecule has 1 saturated heterocycles. The molecule has 1 atom stereocenters. The number of nitrogens with one attached hydrogen (secondary N) is 1. The van der Waals surface area contributed by atoms with Crippen molar-refractivity contribution in [3.63, 3.8) is 0 Å². The van der Waals surface area contributed by atoms with Crippen LogP contribution in [-0.2, 0) is 17.5 Å². The van der Waals surface area contributed by atoms with Crippen LogP contribution in [0, 0.1) is 5.82 Å². The van der Waals surface area contributed by atoms with Crippen molar-refractivity contribution in [2.45, 2.75) is 31.6 Å². The van der Waals surface area contributed by atoms with E-state index in [1.807, 2.05) is 0 Å². The number of hydrogen-bond acceptors (Lipinski definition) is 2. The Morgan fingerprint density at radius 2 is 2.05 bits per heavy atom. The fourth-order valence-electron chi connectivity index (χ4n) is 2.08. The highest BCUT2D eigenvalue weighted by Gasteiger charge is 2.31. The Morgan fingerprint density at radius 1 is 1.26 bits per heavy atom. The van der Waals surface area contributed by atoms with E-state index in [1.54, 1.807) is 0 Å². The largest absolute Gasteiger partial charge is 0.416 e. The van der Waals surface area contributed by atoms with Gasteiger partial charge in [0, 0.05) is 19.2 Å². The fourth-order valence-corrected chi connectivity index (χ4v) is 2.08. The van der Waals surface area contributed by atoms with Crippen LogP contribution in [0.25, 0.3) is 0 Å². The maximum Gasteiger partial charge on any atom is 0.416 e. The third-order valence-electron chi connectivity index (χ3n) is 3.04. The van der Waals surface area contributed by atoms with Gasteiger partial charge in [-0.1, -0.05) is 0 Å². The lowest BCUT2D eigenvalue weighted by Gasteiger charge is -2.23. The van der Waals surface area contributed by atoms with E-state index in [1.165, 1.54) is 0 Å². The summed E-state index contributed by atoms with van der Waals surface area (Å²) in [6.45, 7) is 1.46. The third-order valence-corrected chi connectivity index (χ3v) is 3.04. The SMILES string of the molecule is Fc1cc(CNC2CCCOC2)cc(C(F)(F)F)c1. The first-order valence-corrected chi connectivity index (χ1v) is 6.13. The smallest absolute Gasteiger partial charge is 0.380 e. The van der Waals surface area contributed by atoms with Crippen molar-refractivity contribution in [2.24, 2.45) is 0 Å². The van der Waals surface area contributed by atoms with Gasteiger partial charge in [-0.3, -0.25) is 0 Å². The van der Waals surface area contributed by atoms with E-state index >= 15 is 0 Å². The first-order chi connectivity index (χ1) is 8.95. The summed E-state index contributed by atoms with van der Waals surface area (Å²) in [6.07, 6.45) is -2.68. The first kappa shape index (κ1) is 14.3. The Hall–Kier alpha value is -1.14. The van der Waals surface area contributed by atoms with E-state index in [4.69, 9.17) is 4.74 Å². The summed E-state index contributed by atoms with van der Waals surface area (Å²) in [5.74, 6) is -0.869. The molecule has 0 radical (unpaired) electrons. The molecule has 0 saturated carbocycles. The first-order valence-electron chi connectivity index (χ1n) is 6.13. The highest BCUT2D eigenvalue weighted by molar-refractivity contribution is 5.26. The molecule has 0 bridgehead atoms. The molecule has 1 fully saturated rings. The zero-order chi connectivity index (χ0) is 13.9. The summed E-state index contributed by atoms with van der Waals surface area (Å²) in [6, 6.07) is 2.71. The average Bonchev–Trinajstić information content (AvgIpc) is 2.36. The van der Waals surface area contributed by atoms with E-state index < -0.39 is 17.6 Å². The molecule has 6 heteroatoms. The van der Waals surface area contributed by atoms with Gasteiger partial charge >= 0.3 is 6.18 Å². The van der Waals surface area contributed by atoms with Crippen LogP contribution in [0.4, 0.5) is 17.6 Å². The molecular formula is C13H15F4NO. The Balaban J connectivity index is 2.01. The molecule has 0 aliphatic carbocycles. The minimum absolute atomic E-state index is 0.117. The Bertz CT molecular complexity index is 427. The molecule has 0 spiro atoms. The molecule has 1 aliphatic heterocycles. The highest BCUT2D eigenvalue weighted by Crippen LogP contribution is 2.30. The highest BCUT2D eigenvalue weighted by atomic mass is 19.4. The minimum Gasteiger partial charge on any atom is -0.380 e. The standard InChI is InChI=1S/C13H15F4NO/c14-11-5-9(4-10(6-11)13(15,16)17)7-18-12-2-1-3-19-8-12/h4-6,12,18H,1-3,7-8H2. The second-order valence-electron chi connectivity index (χ2n) is 4.64. The lowest BCUT2D eigenvalue weighted by molar-refractivity contribution is -0.137. The number of benzene rings is 1. The van der Waals surface area contributed by atoms with Crippen LogP contribution in [0.15, 0.2) is 18.2 Å². The summed E-state index contributed by atoms with van der Waals surface area (Å²) in [4.78, 5) is 0. The molecule has 106 valence electrons. The molecule has 1 unspecified atom stereocenters. The molecule has 0 amide bonds. The fraction of sp³-hybridized carbons (Fsp3) is 0.538. The summed E-state index contributed by atoms with van der Waals surface area (Å²) >= 11 is 0. The average molecular weight is 277 g/mol. The predicted octanol–water partition coefficient (Wildman–Crippen LogP) is 3.11. The number of hydrogen-bond donors (Lipinski definition) is 1. The number of halogens is 4. The van der Waals surface area contributed by atoms with Crippen LogP contribution < -0.4 is 5.32 Å². The molecule has 1 aromatic rings. The summed E-state index contributed by atoms with van der Waals surface area (Å²) in [5, 5.41) is 3.08. The maximum atomic E-state index is 13.2. The van der Waals surface area contributed by atoms with Crippen molar-refractivity contribution in [3.05, 3.63) is 35.1 Å². The molecule has 1 aliphatic rings. The van der Waals surface area contributed by atoms with E-state index in [2.05, 4.69) is 5.32 Å². The van der Waals surface area contributed by atoms with Crippen LogP contribution in [0.3, 0.4) is 0 Å². The van der Waals surface area contributed by atoms with Gasteiger partial charge in [0.05, 0.1) is 12.2 Å². The molecule has 2 rings (SSSR count). The molecule has 1 N–H and O–H groups in total. The van der Waals surface area contributed by atoms with Crippen LogP contribution >= 0.6 is 0 Å². The van der Waals surface area contributed by atoms with Gasteiger partial charge in [0.15, 0.2) is 0 Å². The second-order valence-corrected chi connectivity index (χ2v) is 4.64. The molecule has 2 nitrogen and oxygen atoms in total. The Labute approximate surface area is 108 Å². The van der Waals surface area contributed by atoms with E-state index in [-0.39, 0.29) is 18.2 Å². The van der Waals surface area contributed by atoms with Crippen molar-refractivity contribution < 1.29 is 22.3 Å². The summed E-state index contributed by atoms with van der Waals surface area (Å²) < 4.78 is 56.0. The van der Waals surface area contributed by atoms with Gasteiger partial charge in [-0.15, -0.1) is 0 Å². The Kier molecular flexibility index (Phi) is 4.42. The van der Waals surface area contributed by atoms with Gasteiger partial charge in [0.2, 0.25) is 0 Å². The van der Waals surface area contributed by atoms with Crippen molar-refractivity contribution in [1.82, 2.24) is 5.32 Å². The second kappa shape index (κ2) is 5.88. The lowest BCUT2D eigenvalue weighted by atomic mass is 10.1. The van der Waals surface area contributed by atoms with Gasteiger partial charge in [0.25, 0.3) is 0 Å². The summed E-state index contributed by atoms with van der Waals surface area (Å²) in [5.41, 5.74) is -0.665. The van der Waals surface area contributed by atoms with Gasteiger partial charge in [-0.05, 0) is 36.6 Å². The molecule has 1 aromatic carbocycles. The summed E-state index contributed by atoms with van der Waals surface area (Å²) in [7, 11) is 0. The lowest BCUT2D eigenvalue weighted by Crippen LogP contribution is -2.36. The van der Waals surface area contributed by atoms with E-state index in [0.717, 1.165) is 31.6 Å². The van der Waals surface area contributed by atoms with Gasteiger partial charge in [-0.2, -0.15) is 13.2 Å². The van der Waals surface area contributed by atoms with Crippen molar-refractivity contribution >= 4 is 0 Å². The number of rotatable bonds is 3. The van der Waals surface area contributed by atoms with Crippen molar-refractivity contribution in [1.29, 1.82) is 0 Å². The quantitative estimate of drug-likeness (QED) is 0.857. The van der Waals surface area contributed by atoms with Crippen molar-refractivity contribution in [2.75, 3.05) is 13.2 Å². The molecular weight excluding hydrogens is 262 g/mol. The van der Waals surface area contributed by atoms with Gasteiger partial charge in [-0.25, -0.2) is 4.39 Å². The van der Waals surface area contributed by atoms with Crippen LogP contribution in [0.5, 0.6) is 0 Å². The molecule has 1 heterocycles. The van der Waals surface area contributed by atoms with Gasteiger partial charge < -0.3 is 10.1 Å². The minimum atomic E-state index is -4.52.